The molecule has 0 spiro atoms. The lowest BCUT2D eigenvalue weighted by molar-refractivity contribution is -0.153. The Labute approximate surface area is 129 Å². The summed E-state index contributed by atoms with van der Waals surface area (Å²) in [5, 5.41) is 44.0. The Morgan fingerprint density at radius 1 is 0.652 bits per heavy atom. The number of rotatable bonds is 12. The summed E-state index contributed by atoms with van der Waals surface area (Å²) in [6.45, 7) is -4.11. The highest BCUT2D eigenvalue weighted by Gasteiger charge is 2.31. The Morgan fingerprint density at radius 3 is 1.26 bits per heavy atom. The average Bonchev–Trinajstić information content (AvgIpc) is 2.31. The van der Waals surface area contributed by atoms with Crippen molar-refractivity contribution >= 4 is 29.8 Å². The fraction of sp³-hybridized carbons (Fsp3) is 0.545. The lowest BCUT2D eigenvalue weighted by Gasteiger charge is -2.29. The number of carbonyl (C=O) groups is 5. The van der Waals surface area contributed by atoms with Gasteiger partial charge >= 0.3 is 29.8 Å². The van der Waals surface area contributed by atoms with Gasteiger partial charge in [0.05, 0.1) is 26.2 Å². The molecule has 0 saturated carbocycles. The van der Waals surface area contributed by atoms with Gasteiger partial charge in [-0.1, -0.05) is 0 Å². The highest BCUT2D eigenvalue weighted by atomic mass is 16.4. The predicted molar refractivity (Wildman–Crippen MR) is 70.0 cm³/mol. The second kappa shape index (κ2) is 9.32. The second-order valence-electron chi connectivity index (χ2n) is 4.50. The fourth-order valence-electron chi connectivity index (χ4n) is 1.79. The smallest absolute Gasteiger partial charge is 0.322 e. The first kappa shape index (κ1) is 20.3. The van der Waals surface area contributed by atoms with Crippen LogP contribution < -0.4 is 0 Å². The monoisotopic (exact) mass is 336 g/mol. The van der Waals surface area contributed by atoms with Crippen molar-refractivity contribution < 1.29 is 49.5 Å². The molecule has 1 atom stereocenters. The van der Waals surface area contributed by atoms with Crippen molar-refractivity contribution in [3.63, 3.8) is 0 Å². The molecule has 0 aliphatic carbocycles. The van der Waals surface area contributed by atoms with Gasteiger partial charge in [-0.25, -0.2) is 0 Å². The van der Waals surface area contributed by atoms with E-state index in [0.29, 0.717) is 4.90 Å². The molecule has 0 aromatic rings. The molecule has 12 nitrogen and oxygen atoms in total. The summed E-state index contributed by atoms with van der Waals surface area (Å²) in [6.07, 6.45) is 0. The maximum absolute atomic E-state index is 11.3. The summed E-state index contributed by atoms with van der Waals surface area (Å²) >= 11 is 0. The first-order valence-electron chi connectivity index (χ1n) is 6.09. The minimum absolute atomic E-state index is 0.587. The van der Waals surface area contributed by atoms with Crippen LogP contribution in [0.15, 0.2) is 0 Å². The number of nitrogens with zero attached hydrogens (tertiary/aromatic N) is 2. The van der Waals surface area contributed by atoms with Gasteiger partial charge < -0.3 is 25.5 Å². The summed E-state index contributed by atoms with van der Waals surface area (Å²) in [6, 6.07) is -1.71. The van der Waals surface area contributed by atoms with Gasteiger partial charge in [0.15, 0.2) is 0 Å². The van der Waals surface area contributed by atoms with Gasteiger partial charge in [0.25, 0.3) is 0 Å². The highest BCUT2D eigenvalue weighted by molar-refractivity contribution is 5.78. The van der Waals surface area contributed by atoms with Crippen LogP contribution in [0.1, 0.15) is 0 Å². The standard InChI is InChI=1S/C11H16N2O10/c14-7(15)2-12(3-8(16)17)1-6(11(22)23)13(4-9(18)19)5-10(20)21/h6H,1-5H2,(H,14,15)(H,16,17)(H,18,19)(H,20,21)(H,22,23). The average molecular weight is 336 g/mol. The van der Waals surface area contributed by atoms with Crippen LogP contribution in [0.5, 0.6) is 0 Å². The molecule has 0 aliphatic heterocycles. The molecule has 0 fully saturated rings. The van der Waals surface area contributed by atoms with Crippen LogP contribution in [0.2, 0.25) is 0 Å². The molecule has 0 heterocycles. The number of aliphatic carboxylic acids is 5. The third-order valence-corrected chi connectivity index (χ3v) is 2.55. The minimum Gasteiger partial charge on any atom is -0.480 e. The first-order chi connectivity index (χ1) is 10.5. The van der Waals surface area contributed by atoms with Crippen LogP contribution in [0, 0.1) is 0 Å². The van der Waals surface area contributed by atoms with E-state index in [4.69, 9.17) is 25.5 Å². The Kier molecular flexibility index (Phi) is 8.21. The van der Waals surface area contributed by atoms with Gasteiger partial charge in [0, 0.05) is 6.54 Å². The zero-order valence-corrected chi connectivity index (χ0v) is 11.8. The number of carboxylic acid groups (broad SMARTS) is 5. The third-order valence-electron chi connectivity index (χ3n) is 2.55. The van der Waals surface area contributed by atoms with Crippen LogP contribution in [0.25, 0.3) is 0 Å². The second-order valence-corrected chi connectivity index (χ2v) is 4.50. The Hall–Kier alpha value is -2.73. The topological polar surface area (TPSA) is 193 Å². The van der Waals surface area contributed by atoms with Crippen molar-refractivity contribution in [3.8, 4) is 0 Å². The quantitative estimate of drug-likeness (QED) is 0.249. The molecular formula is C11H16N2O10. The third kappa shape index (κ3) is 9.00. The van der Waals surface area contributed by atoms with Crippen LogP contribution >= 0.6 is 0 Å². The van der Waals surface area contributed by atoms with E-state index < -0.39 is 68.6 Å². The van der Waals surface area contributed by atoms with E-state index in [1.165, 1.54) is 0 Å². The summed E-state index contributed by atoms with van der Waals surface area (Å²) < 4.78 is 0. The summed E-state index contributed by atoms with van der Waals surface area (Å²) in [4.78, 5) is 55.4. The molecule has 0 aliphatic rings. The highest BCUT2D eigenvalue weighted by Crippen LogP contribution is 2.04. The van der Waals surface area contributed by atoms with Crippen LogP contribution in [0.4, 0.5) is 0 Å². The van der Waals surface area contributed by atoms with Gasteiger partial charge in [0.1, 0.15) is 6.04 Å². The van der Waals surface area contributed by atoms with Gasteiger partial charge in [-0.3, -0.25) is 33.8 Å². The van der Waals surface area contributed by atoms with E-state index in [1.807, 2.05) is 0 Å². The van der Waals surface area contributed by atoms with E-state index in [-0.39, 0.29) is 0 Å². The summed E-state index contributed by atoms with van der Waals surface area (Å²) in [5.74, 6) is -7.41. The fourth-order valence-corrected chi connectivity index (χ4v) is 1.79. The van der Waals surface area contributed by atoms with E-state index in [2.05, 4.69) is 0 Å². The summed E-state index contributed by atoms with van der Waals surface area (Å²) in [7, 11) is 0. The van der Waals surface area contributed by atoms with Crippen LogP contribution in [-0.2, 0) is 24.0 Å². The SMILES string of the molecule is O=C(O)CN(CC(=O)O)CC(C(=O)O)N(CC(=O)O)CC(=O)O. The Balaban J connectivity index is 5.31. The van der Waals surface area contributed by atoms with E-state index in [9.17, 15) is 24.0 Å². The normalized spacial score (nSPS) is 12.1. The van der Waals surface area contributed by atoms with Crippen molar-refractivity contribution in [2.75, 3.05) is 32.7 Å². The van der Waals surface area contributed by atoms with Crippen molar-refractivity contribution in [1.82, 2.24) is 9.80 Å². The molecule has 0 radical (unpaired) electrons. The van der Waals surface area contributed by atoms with Gasteiger partial charge in [-0.2, -0.15) is 0 Å². The van der Waals surface area contributed by atoms with E-state index >= 15 is 0 Å². The van der Waals surface area contributed by atoms with Gasteiger partial charge in [-0.05, 0) is 0 Å². The van der Waals surface area contributed by atoms with Crippen LogP contribution in [-0.4, -0.2) is 104 Å². The Bertz CT molecular complexity index is 459. The molecule has 1 unspecified atom stereocenters. The number of hydrogen-bond acceptors (Lipinski definition) is 7. The molecule has 0 aromatic heterocycles. The zero-order valence-electron chi connectivity index (χ0n) is 11.8. The number of hydrogen-bond donors (Lipinski definition) is 5. The lowest BCUT2D eigenvalue weighted by atomic mass is 10.2. The van der Waals surface area contributed by atoms with Gasteiger partial charge in [0.2, 0.25) is 0 Å². The predicted octanol–water partition coefficient (Wildman–Crippen LogP) is -2.62. The Morgan fingerprint density at radius 2 is 1.00 bits per heavy atom. The molecule has 0 bridgehead atoms. The first-order valence-corrected chi connectivity index (χ1v) is 6.09. The number of carboxylic acids is 5. The molecule has 12 heteroatoms. The summed E-state index contributed by atoms with van der Waals surface area (Å²) in [5.41, 5.74) is 0. The lowest BCUT2D eigenvalue weighted by Crippen LogP contribution is -2.53. The van der Waals surface area contributed by atoms with Crippen molar-refractivity contribution in [2.24, 2.45) is 0 Å². The van der Waals surface area contributed by atoms with E-state index in [0.717, 1.165) is 4.90 Å². The van der Waals surface area contributed by atoms with Crippen molar-refractivity contribution in [3.05, 3.63) is 0 Å². The maximum atomic E-state index is 11.3. The molecular weight excluding hydrogens is 320 g/mol. The van der Waals surface area contributed by atoms with Crippen molar-refractivity contribution in [2.45, 2.75) is 6.04 Å². The molecule has 0 amide bonds. The minimum atomic E-state index is -1.71. The molecule has 130 valence electrons. The molecule has 23 heavy (non-hydrogen) atoms. The largest absolute Gasteiger partial charge is 0.480 e. The van der Waals surface area contributed by atoms with Crippen molar-refractivity contribution in [1.29, 1.82) is 0 Å². The van der Waals surface area contributed by atoms with E-state index in [1.54, 1.807) is 0 Å². The molecule has 0 saturated heterocycles. The molecule has 0 rings (SSSR count). The molecule has 0 aromatic carbocycles. The maximum Gasteiger partial charge on any atom is 0.322 e. The zero-order chi connectivity index (χ0) is 18.2. The molecule has 5 N–H and O–H groups in total. The van der Waals surface area contributed by atoms with Gasteiger partial charge in [-0.15, -0.1) is 0 Å². The van der Waals surface area contributed by atoms with Crippen LogP contribution in [0.3, 0.4) is 0 Å².